The van der Waals surface area contributed by atoms with Crippen molar-refractivity contribution in [3.05, 3.63) is 0 Å². The Morgan fingerprint density at radius 2 is 1.96 bits per heavy atom. The van der Waals surface area contributed by atoms with Crippen LogP contribution in [0.2, 0.25) is 0 Å². The van der Waals surface area contributed by atoms with Crippen molar-refractivity contribution in [2.45, 2.75) is 63.9 Å². The second kappa shape index (κ2) is 7.72. The number of hydrogen-bond donors (Lipinski definition) is 1. The van der Waals surface area contributed by atoms with Gasteiger partial charge in [0, 0.05) is 19.8 Å². The lowest BCUT2D eigenvalue weighted by Crippen LogP contribution is -2.58. The van der Waals surface area contributed by atoms with E-state index >= 15 is 0 Å². The van der Waals surface area contributed by atoms with E-state index in [0.29, 0.717) is 0 Å². The lowest BCUT2D eigenvalue weighted by Gasteiger charge is -2.43. The van der Waals surface area contributed by atoms with E-state index in [2.05, 4.69) is 0 Å². The highest BCUT2D eigenvalue weighted by Crippen LogP contribution is 2.47. The first-order chi connectivity index (χ1) is 12.0. The monoisotopic (exact) mass is 381 g/mol. The van der Waals surface area contributed by atoms with E-state index in [1.54, 1.807) is 13.8 Å². The summed E-state index contributed by atoms with van der Waals surface area (Å²) in [6.45, 7) is 3.83. The first-order valence-corrected chi connectivity index (χ1v) is 8.78. The number of amides is 1. The zero-order chi connectivity index (χ0) is 19.7. The summed E-state index contributed by atoms with van der Waals surface area (Å²) < 4.78 is 50.3. The minimum atomic E-state index is -5.02. The number of carboxylic acids is 1. The van der Waals surface area contributed by atoms with Crippen LogP contribution in [-0.4, -0.2) is 66.6 Å². The third kappa shape index (κ3) is 3.83. The average Bonchev–Trinajstić information content (AvgIpc) is 3.01. The van der Waals surface area contributed by atoms with Gasteiger partial charge in [-0.1, -0.05) is 13.8 Å². The molecule has 2 rings (SSSR count). The second-order valence-corrected chi connectivity index (χ2v) is 7.43. The van der Waals surface area contributed by atoms with E-state index in [4.69, 9.17) is 9.47 Å². The first-order valence-electron chi connectivity index (χ1n) is 8.78. The molecule has 0 aromatic heterocycles. The number of rotatable bonds is 5. The normalized spacial score (nSPS) is 32.7. The summed E-state index contributed by atoms with van der Waals surface area (Å²) in [6, 6.07) is -1.58. The summed E-state index contributed by atoms with van der Waals surface area (Å²) in [6.07, 6.45) is -5.00. The van der Waals surface area contributed by atoms with Crippen molar-refractivity contribution in [2.75, 3.05) is 20.3 Å². The van der Waals surface area contributed by atoms with Crippen LogP contribution in [0.25, 0.3) is 0 Å². The van der Waals surface area contributed by atoms with E-state index in [1.165, 1.54) is 7.11 Å². The molecule has 2 fully saturated rings. The summed E-state index contributed by atoms with van der Waals surface area (Å²) in [5.41, 5.74) is -1.12. The van der Waals surface area contributed by atoms with Crippen molar-refractivity contribution in [3.8, 4) is 0 Å². The van der Waals surface area contributed by atoms with Crippen LogP contribution in [0.5, 0.6) is 0 Å². The van der Waals surface area contributed by atoms with E-state index in [9.17, 15) is 27.9 Å². The highest BCUT2D eigenvalue weighted by molar-refractivity contribution is 5.83. The fraction of sp³-hybridized carbons (Fsp3) is 0.882. The molecule has 26 heavy (non-hydrogen) atoms. The molecule has 1 saturated carbocycles. The van der Waals surface area contributed by atoms with Gasteiger partial charge in [0.05, 0.1) is 18.1 Å². The smallest absolute Gasteiger partial charge is 0.471 e. The molecule has 1 N–H and O–H groups in total. The Morgan fingerprint density at radius 3 is 2.42 bits per heavy atom. The van der Waals surface area contributed by atoms with Crippen molar-refractivity contribution in [1.29, 1.82) is 0 Å². The van der Waals surface area contributed by atoms with Crippen molar-refractivity contribution >= 4 is 11.9 Å². The topological polar surface area (TPSA) is 76.1 Å². The molecule has 1 aliphatic heterocycles. The van der Waals surface area contributed by atoms with Crippen molar-refractivity contribution in [2.24, 2.45) is 11.3 Å². The number of halogens is 3. The third-order valence-corrected chi connectivity index (χ3v) is 5.85. The van der Waals surface area contributed by atoms with Crippen LogP contribution in [0.15, 0.2) is 0 Å². The average molecular weight is 381 g/mol. The molecule has 0 aromatic rings. The van der Waals surface area contributed by atoms with Gasteiger partial charge in [0.25, 0.3) is 0 Å². The van der Waals surface area contributed by atoms with Gasteiger partial charge in [-0.15, -0.1) is 0 Å². The van der Waals surface area contributed by atoms with Gasteiger partial charge < -0.3 is 19.5 Å². The Hall–Kier alpha value is -1.35. The highest BCUT2D eigenvalue weighted by Gasteiger charge is 2.55. The molecule has 1 aliphatic carbocycles. The first kappa shape index (κ1) is 21.0. The van der Waals surface area contributed by atoms with Gasteiger partial charge in [-0.25, -0.2) is 0 Å². The quantitative estimate of drug-likeness (QED) is 0.792. The zero-order valence-corrected chi connectivity index (χ0v) is 15.2. The molecule has 1 saturated heterocycles. The minimum Gasteiger partial charge on any atom is -0.481 e. The molecular formula is C17H26F3NO5. The van der Waals surface area contributed by atoms with E-state index in [-0.39, 0.29) is 44.8 Å². The maximum Gasteiger partial charge on any atom is 0.471 e. The van der Waals surface area contributed by atoms with Gasteiger partial charge in [-0.05, 0) is 31.6 Å². The molecule has 2 aliphatic rings. The molecule has 9 heteroatoms. The van der Waals surface area contributed by atoms with Gasteiger partial charge in [-0.2, -0.15) is 13.2 Å². The highest BCUT2D eigenvalue weighted by atomic mass is 19.4. The predicted octanol–water partition coefficient (Wildman–Crippen LogP) is 2.46. The molecule has 0 bridgehead atoms. The van der Waals surface area contributed by atoms with E-state index < -0.39 is 41.7 Å². The minimum absolute atomic E-state index is 0.00954. The van der Waals surface area contributed by atoms with Crippen molar-refractivity contribution < 1.29 is 37.3 Å². The summed E-state index contributed by atoms with van der Waals surface area (Å²) >= 11 is 0. The van der Waals surface area contributed by atoms with Gasteiger partial charge >= 0.3 is 18.1 Å². The number of hydrogen-bond acceptors (Lipinski definition) is 4. The van der Waals surface area contributed by atoms with Crippen LogP contribution in [0.4, 0.5) is 13.2 Å². The molecule has 0 unspecified atom stereocenters. The Kier molecular flexibility index (Phi) is 6.22. The zero-order valence-electron chi connectivity index (χ0n) is 15.2. The molecule has 0 radical (unpaired) electrons. The van der Waals surface area contributed by atoms with E-state index in [1.807, 2.05) is 0 Å². The largest absolute Gasteiger partial charge is 0.481 e. The van der Waals surface area contributed by atoms with Crippen LogP contribution < -0.4 is 0 Å². The van der Waals surface area contributed by atoms with Gasteiger partial charge in [0.1, 0.15) is 6.10 Å². The molecule has 6 nitrogen and oxygen atoms in total. The Morgan fingerprint density at radius 1 is 1.31 bits per heavy atom. The molecule has 0 aromatic carbocycles. The Labute approximate surface area is 150 Å². The summed E-state index contributed by atoms with van der Waals surface area (Å²) in [4.78, 5) is 24.9. The fourth-order valence-electron chi connectivity index (χ4n) is 4.23. The number of carbonyl (C=O) groups excluding carboxylic acids is 1. The van der Waals surface area contributed by atoms with Crippen LogP contribution >= 0.6 is 0 Å². The molecule has 1 heterocycles. The lowest BCUT2D eigenvalue weighted by molar-refractivity contribution is -0.197. The number of aliphatic carboxylic acids is 1. The fourth-order valence-corrected chi connectivity index (χ4v) is 4.23. The van der Waals surface area contributed by atoms with Crippen LogP contribution in [0, 0.1) is 11.3 Å². The Balaban J connectivity index is 2.36. The maximum absolute atomic E-state index is 13.3. The van der Waals surface area contributed by atoms with Crippen LogP contribution in [0.3, 0.4) is 0 Å². The number of ether oxygens (including phenoxy) is 2. The third-order valence-electron chi connectivity index (χ3n) is 5.85. The van der Waals surface area contributed by atoms with Crippen molar-refractivity contribution in [3.63, 3.8) is 0 Å². The molecule has 0 spiro atoms. The maximum atomic E-state index is 13.3. The standard InChI is InChI=1S/C17H26F3NO5/c1-10(2)16(15(23)24)6-4-11(8-16)21(14(22)17(18,19)20)12-5-7-26-9-13(12)25-3/h10-13H,4-9H2,1-3H3,(H,23,24)/t11-,12+,13-,16+/m1/s1. The summed E-state index contributed by atoms with van der Waals surface area (Å²) in [5, 5.41) is 9.67. The lowest BCUT2D eigenvalue weighted by atomic mass is 9.75. The number of carboxylic acid groups (broad SMARTS) is 1. The number of alkyl halides is 3. The number of carbonyl (C=O) groups is 2. The summed E-state index contributed by atoms with van der Waals surface area (Å²) in [5.74, 6) is -3.20. The van der Waals surface area contributed by atoms with Gasteiger partial charge in [0.15, 0.2) is 0 Å². The molecule has 1 amide bonds. The SMILES string of the molecule is CO[C@@H]1COCC[C@@H]1N(C(=O)C(F)(F)F)[C@@H]1CC[C@@](C(=O)O)(C(C)C)C1. The summed E-state index contributed by atoms with van der Waals surface area (Å²) in [7, 11) is 1.37. The second-order valence-electron chi connectivity index (χ2n) is 7.43. The number of nitrogens with zero attached hydrogens (tertiary/aromatic N) is 1. The molecule has 4 atom stereocenters. The Bertz CT molecular complexity index is 539. The van der Waals surface area contributed by atoms with Crippen LogP contribution in [0.1, 0.15) is 39.5 Å². The van der Waals surface area contributed by atoms with E-state index in [0.717, 1.165) is 4.90 Å². The predicted molar refractivity (Wildman–Crippen MR) is 85.5 cm³/mol. The van der Waals surface area contributed by atoms with Gasteiger partial charge in [0.2, 0.25) is 0 Å². The molecular weight excluding hydrogens is 355 g/mol. The molecule has 150 valence electrons. The van der Waals surface area contributed by atoms with Gasteiger partial charge in [-0.3, -0.25) is 9.59 Å². The van der Waals surface area contributed by atoms with Crippen LogP contribution in [-0.2, 0) is 19.1 Å². The number of methoxy groups -OCH3 is 1. The van der Waals surface area contributed by atoms with Crippen molar-refractivity contribution in [1.82, 2.24) is 4.90 Å².